The second-order valence-electron chi connectivity index (χ2n) is 3.97. The van der Waals surface area contributed by atoms with Crippen molar-refractivity contribution in [2.45, 2.75) is 18.9 Å². The molecule has 0 aromatic heterocycles. The average molecular weight is 262 g/mol. The van der Waals surface area contributed by atoms with Gasteiger partial charge in [-0.1, -0.05) is 0 Å². The quantitative estimate of drug-likeness (QED) is 0.741. The first-order chi connectivity index (χ1) is 8.58. The lowest BCUT2D eigenvalue weighted by Crippen LogP contribution is -2.26. The Labute approximate surface area is 104 Å². The molecule has 102 valence electrons. The molecule has 1 aromatic carbocycles. The summed E-state index contributed by atoms with van der Waals surface area (Å²) < 4.78 is 44.2. The summed E-state index contributed by atoms with van der Waals surface area (Å²) in [5, 5.41) is 2.79. The summed E-state index contributed by atoms with van der Waals surface area (Å²) in [6.45, 7) is 0.834. The molecular formula is C12H17F3N2O. The minimum atomic E-state index is -1.21. The number of ether oxygens (including phenoxy) is 1. The summed E-state index contributed by atoms with van der Waals surface area (Å²) in [6.07, 6.45) is 1.38. The highest BCUT2D eigenvalue weighted by Crippen LogP contribution is 2.20. The molecule has 0 aliphatic carbocycles. The molecule has 18 heavy (non-hydrogen) atoms. The average Bonchev–Trinajstić information content (AvgIpc) is 2.33. The normalized spacial score (nSPS) is 12.5. The highest BCUT2D eigenvalue weighted by atomic mass is 19.2. The van der Waals surface area contributed by atoms with Gasteiger partial charge in [0, 0.05) is 25.3 Å². The fraction of sp³-hybridized carbons (Fsp3) is 0.500. The van der Waals surface area contributed by atoms with Gasteiger partial charge >= 0.3 is 0 Å². The number of nitrogens with two attached hydrogens (primary N) is 1. The maximum atomic E-state index is 13.4. The summed E-state index contributed by atoms with van der Waals surface area (Å²) in [5.41, 5.74) is 5.31. The Morgan fingerprint density at radius 2 is 1.89 bits per heavy atom. The van der Waals surface area contributed by atoms with Crippen molar-refractivity contribution < 1.29 is 17.9 Å². The lowest BCUT2D eigenvalue weighted by molar-refractivity contribution is 0.182. The van der Waals surface area contributed by atoms with Crippen molar-refractivity contribution in [1.82, 2.24) is 0 Å². The first-order valence-electron chi connectivity index (χ1n) is 5.68. The molecule has 0 aliphatic rings. The number of hydrogen-bond acceptors (Lipinski definition) is 3. The van der Waals surface area contributed by atoms with Crippen molar-refractivity contribution >= 4 is 5.69 Å². The zero-order valence-electron chi connectivity index (χ0n) is 10.2. The summed E-state index contributed by atoms with van der Waals surface area (Å²) in [5.74, 6) is -3.13. The highest BCUT2D eigenvalue weighted by Gasteiger charge is 2.14. The fourth-order valence-corrected chi connectivity index (χ4v) is 1.62. The number of hydrogen-bond donors (Lipinski definition) is 2. The molecule has 3 nitrogen and oxygen atoms in total. The Hall–Kier alpha value is -1.27. The van der Waals surface area contributed by atoms with E-state index in [4.69, 9.17) is 10.5 Å². The van der Waals surface area contributed by atoms with E-state index in [0.717, 1.165) is 12.5 Å². The molecule has 0 saturated carbocycles. The van der Waals surface area contributed by atoms with Gasteiger partial charge in [-0.25, -0.2) is 13.2 Å². The van der Waals surface area contributed by atoms with Gasteiger partial charge in [-0.2, -0.15) is 0 Å². The highest BCUT2D eigenvalue weighted by molar-refractivity contribution is 5.46. The zero-order valence-corrected chi connectivity index (χ0v) is 10.2. The Kier molecular flexibility index (Phi) is 5.94. The molecule has 0 aliphatic heterocycles. The van der Waals surface area contributed by atoms with Crippen LogP contribution in [-0.4, -0.2) is 26.3 Å². The summed E-state index contributed by atoms with van der Waals surface area (Å²) in [7, 11) is 1.51. The minimum absolute atomic E-state index is 0.0760. The van der Waals surface area contributed by atoms with Gasteiger partial charge in [0.05, 0.1) is 12.3 Å². The number of halogens is 3. The molecule has 0 amide bonds. The SMILES string of the molecule is COCC(CCCN)Nc1cc(F)c(F)cc1F. The maximum Gasteiger partial charge on any atom is 0.161 e. The van der Waals surface area contributed by atoms with Crippen LogP contribution in [0.25, 0.3) is 0 Å². The van der Waals surface area contributed by atoms with Crippen molar-refractivity contribution in [3.8, 4) is 0 Å². The van der Waals surface area contributed by atoms with Crippen molar-refractivity contribution in [2.24, 2.45) is 5.73 Å². The van der Waals surface area contributed by atoms with Gasteiger partial charge in [0.2, 0.25) is 0 Å². The molecule has 1 atom stereocenters. The van der Waals surface area contributed by atoms with Crippen LogP contribution in [-0.2, 0) is 4.74 Å². The first-order valence-corrected chi connectivity index (χ1v) is 5.68. The Morgan fingerprint density at radius 3 is 2.50 bits per heavy atom. The predicted molar refractivity (Wildman–Crippen MR) is 63.9 cm³/mol. The molecular weight excluding hydrogens is 245 g/mol. The number of rotatable bonds is 7. The van der Waals surface area contributed by atoms with Crippen molar-refractivity contribution in [3.63, 3.8) is 0 Å². The molecule has 0 spiro atoms. The third-order valence-electron chi connectivity index (χ3n) is 2.49. The van der Waals surface area contributed by atoms with Gasteiger partial charge in [0.15, 0.2) is 11.6 Å². The van der Waals surface area contributed by atoms with E-state index in [1.165, 1.54) is 7.11 Å². The van der Waals surface area contributed by atoms with Crippen LogP contribution in [0.1, 0.15) is 12.8 Å². The van der Waals surface area contributed by atoms with Gasteiger partial charge in [-0.15, -0.1) is 0 Å². The zero-order chi connectivity index (χ0) is 13.5. The summed E-state index contributed by atoms with van der Waals surface area (Å²) >= 11 is 0. The largest absolute Gasteiger partial charge is 0.383 e. The van der Waals surface area contributed by atoms with E-state index in [-0.39, 0.29) is 11.7 Å². The number of benzene rings is 1. The van der Waals surface area contributed by atoms with E-state index in [1.54, 1.807) is 0 Å². The second-order valence-corrected chi connectivity index (χ2v) is 3.97. The van der Waals surface area contributed by atoms with Gasteiger partial charge in [-0.3, -0.25) is 0 Å². The summed E-state index contributed by atoms with van der Waals surface area (Å²) in [6, 6.07) is 1.12. The van der Waals surface area contributed by atoms with E-state index in [0.29, 0.717) is 25.6 Å². The Bertz CT molecular complexity index is 388. The molecule has 6 heteroatoms. The lowest BCUT2D eigenvalue weighted by Gasteiger charge is -2.19. The number of nitrogens with one attached hydrogen (secondary N) is 1. The van der Waals surface area contributed by atoms with E-state index in [9.17, 15) is 13.2 Å². The standard InChI is InChI=1S/C12H17F3N2O/c1-18-7-8(3-2-4-16)17-12-6-10(14)9(13)5-11(12)15/h5-6,8,17H,2-4,7,16H2,1H3. The van der Waals surface area contributed by atoms with E-state index in [1.807, 2.05) is 0 Å². The maximum absolute atomic E-state index is 13.4. The lowest BCUT2D eigenvalue weighted by atomic mass is 10.1. The summed E-state index contributed by atoms with van der Waals surface area (Å²) in [4.78, 5) is 0. The monoisotopic (exact) mass is 262 g/mol. The molecule has 0 radical (unpaired) electrons. The van der Waals surface area contributed by atoms with Crippen LogP contribution >= 0.6 is 0 Å². The minimum Gasteiger partial charge on any atom is -0.383 e. The molecule has 1 rings (SSSR count). The number of methoxy groups -OCH3 is 1. The molecule has 0 heterocycles. The molecule has 0 fully saturated rings. The van der Waals surface area contributed by atoms with Gasteiger partial charge in [0.1, 0.15) is 5.82 Å². The van der Waals surface area contributed by atoms with Crippen LogP contribution < -0.4 is 11.1 Å². The molecule has 0 saturated heterocycles. The van der Waals surface area contributed by atoms with Gasteiger partial charge < -0.3 is 15.8 Å². The van der Waals surface area contributed by atoms with Crippen molar-refractivity contribution in [3.05, 3.63) is 29.6 Å². The molecule has 0 bridgehead atoms. The van der Waals surface area contributed by atoms with Crippen molar-refractivity contribution in [1.29, 1.82) is 0 Å². The van der Waals surface area contributed by atoms with E-state index < -0.39 is 17.5 Å². The van der Waals surface area contributed by atoms with Gasteiger partial charge in [-0.05, 0) is 19.4 Å². The van der Waals surface area contributed by atoms with Gasteiger partial charge in [0.25, 0.3) is 0 Å². The fourth-order valence-electron chi connectivity index (χ4n) is 1.62. The first kappa shape index (κ1) is 14.8. The Morgan fingerprint density at radius 1 is 1.22 bits per heavy atom. The van der Waals surface area contributed by atoms with Crippen LogP contribution in [0.5, 0.6) is 0 Å². The number of anilines is 1. The topological polar surface area (TPSA) is 47.3 Å². The smallest absolute Gasteiger partial charge is 0.161 e. The molecule has 1 aromatic rings. The van der Waals surface area contributed by atoms with Crippen LogP contribution in [0.3, 0.4) is 0 Å². The van der Waals surface area contributed by atoms with E-state index in [2.05, 4.69) is 5.32 Å². The van der Waals surface area contributed by atoms with Crippen LogP contribution in [0.15, 0.2) is 12.1 Å². The third kappa shape index (κ3) is 4.19. The van der Waals surface area contributed by atoms with Crippen LogP contribution in [0.2, 0.25) is 0 Å². The second kappa shape index (κ2) is 7.23. The molecule has 1 unspecified atom stereocenters. The molecule has 3 N–H and O–H groups in total. The van der Waals surface area contributed by atoms with Crippen molar-refractivity contribution in [2.75, 3.05) is 25.6 Å². The Balaban J connectivity index is 2.76. The van der Waals surface area contributed by atoms with Crippen LogP contribution in [0.4, 0.5) is 18.9 Å². The third-order valence-corrected chi connectivity index (χ3v) is 2.49. The van der Waals surface area contributed by atoms with E-state index >= 15 is 0 Å². The predicted octanol–water partition coefficient (Wildman–Crippen LogP) is 2.27. The van der Waals surface area contributed by atoms with Crippen LogP contribution in [0, 0.1) is 17.5 Å².